The molecule has 0 fully saturated rings. The van der Waals surface area contributed by atoms with Gasteiger partial charge in [0.15, 0.2) is 0 Å². The zero-order chi connectivity index (χ0) is 45.9. The van der Waals surface area contributed by atoms with Crippen molar-refractivity contribution in [3.8, 4) is 0 Å². The summed E-state index contributed by atoms with van der Waals surface area (Å²) in [4.78, 5) is 38.5. The molecule has 2 N–H and O–H groups in total. The monoisotopic (exact) mass is 1340 g/mol. The summed E-state index contributed by atoms with van der Waals surface area (Å²) in [6, 6.07) is 45.5. The van der Waals surface area contributed by atoms with Gasteiger partial charge < -0.3 is 27.8 Å². The Kier molecular flexibility index (Phi) is 35.8. The molecule has 0 spiro atoms. The molecule has 0 atom stereocenters. The topological polar surface area (TPSA) is 130 Å². The molecule has 5 aromatic carbocycles. The molecule has 12 rings (SSSR count). The number of benzene rings is 5. The van der Waals surface area contributed by atoms with Crippen LogP contribution in [0.4, 0.5) is 4.70 Å². The fourth-order valence-corrected chi connectivity index (χ4v) is 8.68. The first kappa shape index (κ1) is 73.2. The summed E-state index contributed by atoms with van der Waals surface area (Å²) < 4.78 is 10.7. The van der Waals surface area contributed by atoms with E-state index in [0.29, 0.717) is 22.5 Å². The Morgan fingerprint density at radius 1 is 0.528 bits per heavy atom. The number of fused-ring (bicyclic) bond motifs is 12. The Labute approximate surface area is 521 Å². The van der Waals surface area contributed by atoms with Crippen LogP contribution in [0.15, 0.2) is 171 Å². The van der Waals surface area contributed by atoms with E-state index < -0.39 is 0 Å². The van der Waals surface area contributed by atoms with Crippen LogP contribution >= 0.6 is 44.7 Å². The van der Waals surface area contributed by atoms with E-state index in [1.54, 1.807) is 40.9 Å². The quantitative estimate of drug-likeness (QED) is 0.0918. The number of halogens is 3. The Morgan fingerprint density at radius 3 is 1.47 bits per heavy atom. The van der Waals surface area contributed by atoms with Crippen molar-refractivity contribution in [1.82, 2.24) is 28.2 Å². The largest absolute Gasteiger partial charge is 0.358 e. The van der Waals surface area contributed by atoms with Crippen LogP contribution in [0, 0.1) is 22.3 Å². The number of hydrogen-bond donors (Lipinski definition) is 1. The van der Waals surface area contributed by atoms with Crippen LogP contribution < -0.4 is 0 Å². The molecule has 1 aliphatic carbocycles. The summed E-state index contributed by atoms with van der Waals surface area (Å²) in [5.41, 5.74) is 8.35. The second-order valence-electron chi connectivity index (χ2n) is 13.2. The average molecular weight is 1340 g/mol. The molecule has 368 valence electrons. The van der Waals surface area contributed by atoms with Crippen molar-refractivity contribution in [1.29, 1.82) is 0 Å². The van der Waals surface area contributed by atoms with Crippen LogP contribution in [-0.2, 0) is 98.1 Å². The van der Waals surface area contributed by atoms with Crippen molar-refractivity contribution < 1.29 is 118 Å². The SMILES string of the molecule is Brc1c2ccccc2c(Br)c2c1nc1ccccn12.CC.CC.CC.F.O.O=C1c2ccccc2C(=O)c2c1nc1ccccn21.[B]=NS.[CH3-].[CH3-].[CH3-].[Y].[Y].[Y].c1ccc2cc3c(cc2c1)nc1ccccn13. The van der Waals surface area contributed by atoms with Crippen molar-refractivity contribution >= 4 is 124 Å². The van der Waals surface area contributed by atoms with Gasteiger partial charge in [0.2, 0.25) is 11.6 Å². The number of aromatic nitrogens is 6. The number of nitrogens with zero attached hydrogens (tertiary/aromatic N) is 7. The number of carbonyl (C=O) groups is 2. The maximum Gasteiger partial charge on any atom is 0.137 e. The minimum Gasteiger partial charge on any atom is -0.358 e. The number of imidazole rings is 3. The minimum atomic E-state index is -0.186. The van der Waals surface area contributed by atoms with Crippen LogP contribution in [-0.4, -0.2) is 52.8 Å². The van der Waals surface area contributed by atoms with Crippen molar-refractivity contribution in [2.45, 2.75) is 41.5 Å². The zero-order valence-corrected chi connectivity index (χ0v) is 54.5. The number of thiol groups is 1. The van der Waals surface area contributed by atoms with E-state index in [0.717, 1.165) is 36.8 Å². The Morgan fingerprint density at radius 2 is 0.931 bits per heavy atom. The molecule has 0 aliphatic heterocycles. The van der Waals surface area contributed by atoms with Gasteiger partial charge in [-0.1, -0.05) is 133 Å². The third kappa shape index (κ3) is 15.1. The van der Waals surface area contributed by atoms with Crippen molar-refractivity contribution in [2.75, 3.05) is 0 Å². The molecule has 18 heteroatoms. The summed E-state index contributed by atoms with van der Waals surface area (Å²) in [6.07, 6.45) is 5.84. The minimum absolute atomic E-state index is 0. The molecule has 0 unspecified atom stereocenters. The third-order valence-corrected chi connectivity index (χ3v) is 11.5. The maximum absolute atomic E-state index is 12.5. The Hall–Kier alpha value is -3.07. The van der Waals surface area contributed by atoms with Crippen LogP contribution in [0.25, 0.3) is 60.6 Å². The van der Waals surface area contributed by atoms with E-state index in [2.05, 4.69) is 136 Å². The first-order valence-corrected chi connectivity index (χ1v) is 22.9. The molecular weight excluding hydrogens is 1280 g/mol. The van der Waals surface area contributed by atoms with E-state index in [9.17, 15) is 9.59 Å². The van der Waals surface area contributed by atoms with Gasteiger partial charge in [0, 0.05) is 128 Å². The standard InChI is InChI=1S/C15H8Br2N2.C15H8N2O2.C15H10N2.3C2H6.3CH3.BHNS.FH.H2O.3Y/c16-12-9-5-1-2-6-10(9)13(17)15-14(12)18-11-7-3-4-8-19(11)15;18-14-9-5-1-2-6-10(9)15(19)13-12(14)16-11-7-3-4-8-17(11)13;1-2-6-12-10-14-13(9-11(12)5-1)16-15-7-3-4-8-17(14)15;3*1-2;;;;1-2-3;;;;;/h2*1-8H;1-10H;3*1-2H3;3*1H3;3H;1H;1H2;;;/q;;;;;;3*-1;;;;;;. The maximum atomic E-state index is 12.5. The Balaban J connectivity index is -0.000000873. The fraction of sp³-hybridized carbons (Fsp3) is 0.111. The van der Waals surface area contributed by atoms with Gasteiger partial charge in [0.1, 0.15) is 33.8 Å². The number of pyridine rings is 3. The first-order chi connectivity index (χ1) is 31.4. The van der Waals surface area contributed by atoms with Gasteiger partial charge in [-0.05, 0) is 102 Å². The number of rotatable bonds is 0. The van der Waals surface area contributed by atoms with Crippen LogP contribution in [0.1, 0.15) is 73.6 Å². The van der Waals surface area contributed by atoms with E-state index in [1.807, 2.05) is 102 Å². The van der Waals surface area contributed by atoms with E-state index in [1.165, 1.54) is 27.1 Å². The summed E-state index contributed by atoms with van der Waals surface area (Å²) in [7, 11) is 4.34. The molecule has 10 nitrogen and oxygen atoms in total. The molecular formula is C54H57BBr2FN7O3SY3-3. The smallest absolute Gasteiger partial charge is 0.137 e. The molecule has 6 heterocycles. The average Bonchev–Trinajstić information content (AvgIpc) is 4.07. The van der Waals surface area contributed by atoms with Gasteiger partial charge in [-0.3, -0.25) is 27.5 Å². The summed E-state index contributed by atoms with van der Waals surface area (Å²) in [6.45, 7) is 12.0. The molecule has 0 amide bonds. The van der Waals surface area contributed by atoms with Crippen LogP contribution in [0.3, 0.4) is 0 Å². The van der Waals surface area contributed by atoms with Gasteiger partial charge in [-0.15, -0.1) is 0 Å². The molecule has 4 radical (unpaired) electrons. The van der Waals surface area contributed by atoms with Crippen molar-refractivity contribution in [2.24, 2.45) is 4.30 Å². The molecule has 0 saturated carbocycles. The van der Waals surface area contributed by atoms with Gasteiger partial charge in [-0.25, -0.2) is 15.0 Å². The first-order valence-electron chi connectivity index (χ1n) is 21.0. The van der Waals surface area contributed by atoms with Gasteiger partial charge >= 0.3 is 24.8 Å². The van der Waals surface area contributed by atoms with Gasteiger partial charge in [0.25, 0.3) is 0 Å². The van der Waals surface area contributed by atoms with Crippen LogP contribution in [0.2, 0.25) is 0 Å². The van der Waals surface area contributed by atoms with Crippen molar-refractivity contribution in [3.05, 3.63) is 212 Å². The predicted octanol–water partition coefficient (Wildman–Crippen LogP) is 14.8. The molecule has 6 aromatic heterocycles. The summed E-state index contributed by atoms with van der Waals surface area (Å²) in [5, 5.41) is 4.85. The normalized spacial score (nSPS) is 9.78. The second kappa shape index (κ2) is 35.2. The predicted molar refractivity (Wildman–Crippen MR) is 301 cm³/mol. The molecule has 0 saturated heterocycles. The van der Waals surface area contributed by atoms with E-state index in [-0.39, 0.29) is 148 Å². The third-order valence-electron chi connectivity index (χ3n) is 9.90. The molecule has 0 bridgehead atoms. The molecule has 1 aliphatic rings. The molecule has 72 heavy (non-hydrogen) atoms. The van der Waals surface area contributed by atoms with Crippen molar-refractivity contribution in [3.63, 3.8) is 0 Å². The Bertz CT molecular complexity index is 3460. The number of carbonyl (C=O) groups excluding carboxylic acids is 2. The summed E-state index contributed by atoms with van der Waals surface area (Å²) >= 11 is 10.6. The van der Waals surface area contributed by atoms with E-state index in [4.69, 9.17) is 4.98 Å². The van der Waals surface area contributed by atoms with E-state index >= 15 is 0 Å². The second-order valence-corrected chi connectivity index (χ2v) is 15.0. The summed E-state index contributed by atoms with van der Waals surface area (Å²) in [5.74, 6) is -0.335. The zero-order valence-electron chi connectivity index (χ0n) is 41.9. The fourth-order valence-electron chi connectivity index (χ4n) is 7.34. The number of ketones is 2. The number of hydrogen-bond acceptors (Lipinski definition) is 7. The van der Waals surface area contributed by atoms with Gasteiger partial charge in [-0.2, -0.15) is 0 Å². The molecule has 11 aromatic rings. The van der Waals surface area contributed by atoms with Crippen LogP contribution in [0.5, 0.6) is 0 Å². The van der Waals surface area contributed by atoms with Gasteiger partial charge in [0.05, 0.1) is 25.5 Å².